The monoisotopic (exact) mass is 316 g/mol. The van der Waals surface area contributed by atoms with Gasteiger partial charge < -0.3 is 9.74 Å². The molecule has 1 aliphatic rings. The summed E-state index contributed by atoms with van der Waals surface area (Å²) in [4.78, 5) is 19.5. The number of nitrogens with zero attached hydrogens (tertiary/aromatic N) is 2. The van der Waals surface area contributed by atoms with Crippen LogP contribution in [-0.2, 0) is 9.63 Å². The van der Waals surface area contributed by atoms with Gasteiger partial charge in [0.05, 0.1) is 12.1 Å². The smallest absolute Gasteiger partial charge is 0.226 e. The van der Waals surface area contributed by atoms with Crippen molar-refractivity contribution in [3.05, 3.63) is 48.0 Å². The maximum atomic E-state index is 12.2. The Hall–Kier alpha value is -2.10. The zero-order valence-electron chi connectivity index (χ0n) is 14.1. The molecule has 1 unspecified atom stereocenters. The fourth-order valence-corrected chi connectivity index (χ4v) is 2.56. The second kappa shape index (κ2) is 8.51. The molecular weight excluding hydrogens is 288 g/mol. The Bertz CT molecular complexity index is 569. The maximum Gasteiger partial charge on any atom is 0.226 e. The molecular formula is C19H28N2O2. The summed E-state index contributed by atoms with van der Waals surface area (Å²) in [5.41, 5.74) is 3.30. The van der Waals surface area contributed by atoms with Crippen molar-refractivity contribution >= 4 is 11.6 Å². The van der Waals surface area contributed by atoms with Crippen molar-refractivity contribution in [1.82, 2.24) is 4.90 Å². The zero-order valence-corrected chi connectivity index (χ0v) is 14.1. The second-order valence-electron chi connectivity index (χ2n) is 6.12. The molecule has 126 valence electrons. The number of carbonyl (C=O) groups is 1. The van der Waals surface area contributed by atoms with E-state index in [2.05, 4.69) is 42.9 Å². The highest BCUT2D eigenvalue weighted by atomic mass is 16.6. The van der Waals surface area contributed by atoms with E-state index < -0.39 is 0 Å². The van der Waals surface area contributed by atoms with Gasteiger partial charge in [0.15, 0.2) is 0 Å². The Kier molecular flexibility index (Phi) is 6.39. The lowest BCUT2D eigenvalue weighted by atomic mass is 10.0. The number of amides is 1. The molecule has 1 aliphatic heterocycles. The lowest BCUT2D eigenvalue weighted by Gasteiger charge is -2.23. The molecule has 0 radical (unpaired) electrons. The van der Waals surface area contributed by atoms with Crippen LogP contribution in [0.5, 0.6) is 0 Å². The molecule has 0 saturated carbocycles. The van der Waals surface area contributed by atoms with Crippen LogP contribution in [-0.4, -0.2) is 36.2 Å². The van der Waals surface area contributed by atoms with E-state index in [1.54, 1.807) is 4.90 Å². The zero-order chi connectivity index (χ0) is 16.7. The van der Waals surface area contributed by atoms with Crippen LogP contribution in [0, 0.1) is 6.92 Å². The Labute approximate surface area is 140 Å². The fourth-order valence-electron chi connectivity index (χ4n) is 2.56. The predicted molar refractivity (Wildman–Crippen MR) is 95.6 cm³/mol. The molecule has 2 rings (SSSR count). The summed E-state index contributed by atoms with van der Waals surface area (Å²) in [6.45, 7) is 6.52. The molecule has 1 amide bonds. The van der Waals surface area contributed by atoms with Crippen LogP contribution in [0.25, 0.3) is 0 Å². The third-order valence-corrected chi connectivity index (χ3v) is 4.13. The van der Waals surface area contributed by atoms with Gasteiger partial charge in [-0.05, 0) is 38.2 Å². The van der Waals surface area contributed by atoms with E-state index >= 15 is 0 Å². The molecule has 0 bridgehead atoms. The Morgan fingerprint density at radius 3 is 2.83 bits per heavy atom. The summed E-state index contributed by atoms with van der Waals surface area (Å²) < 4.78 is 0. The van der Waals surface area contributed by atoms with E-state index in [0.717, 1.165) is 43.5 Å². The van der Waals surface area contributed by atoms with Crippen molar-refractivity contribution in [3.8, 4) is 0 Å². The lowest BCUT2D eigenvalue weighted by molar-refractivity contribution is -0.133. The van der Waals surface area contributed by atoms with Gasteiger partial charge in [0.2, 0.25) is 5.91 Å². The summed E-state index contributed by atoms with van der Waals surface area (Å²) >= 11 is 0. The van der Waals surface area contributed by atoms with Gasteiger partial charge in [-0.15, -0.1) is 6.58 Å². The lowest BCUT2D eigenvalue weighted by Crippen LogP contribution is -2.32. The highest BCUT2D eigenvalue weighted by molar-refractivity contribution is 6.00. The highest BCUT2D eigenvalue weighted by Crippen LogP contribution is 2.19. The van der Waals surface area contributed by atoms with Crippen LogP contribution >= 0.6 is 0 Å². The molecule has 0 N–H and O–H groups in total. The van der Waals surface area contributed by atoms with Crippen LogP contribution in [0.3, 0.4) is 0 Å². The van der Waals surface area contributed by atoms with Crippen LogP contribution in [0.4, 0.5) is 0 Å². The molecule has 1 aromatic rings. The van der Waals surface area contributed by atoms with Gasteiger partial charge in [0.1, 0.15) is 6.10 Å². The minimum atomic E-state index is -0.112. The first-order valence-corrected chi connectivity index (χ1v) is 8.24. The van der Waals surface area contributed by atoms with Crippen molar-refractivity contribution in [2.75, 3.05) is 13.6 Å². The summed E-state index contributed by atoms with van der Waals surface area (Å²) in [6.07, 6.45) is 5.73. The van der Waals surface area contributed by atoms with Crippen molar-refractivity contribution in [1.29, 1.82) is 0 Å². The first kappa shape index (κ1) is 17.3. The second-order valence-corrected chi connectivity index (χ2v) is 6.12. The summed E-state index contributed by atoms with van der Waals surface area (Å²) in [5, 5.41) is 4.23. The maximum absolute atomic E-state index is 12.2. The van der Waals surface area contributed by atoms with Gasteiger partial charge in [-0.1, -0.05) is 41.1 Å². The number of unbranched alkanes of at least 4 members (excludes halogenated alkanes) is 1. The average Bonchev–Trinajstić information content (AvgIpc) is 2.56. The third-order valence-electron chi connectivity index (χ3n) is 4.13. The molecule has 0 spiro atoms. The Balaban J connectivity index is 0.00000288. The topological polar surface area (TPSA) is 41.9 Å². The van der Waals surface area contributed by atoms with Gasteiger partial charge >= 0.3 is 0 Å². The largest absolute Gasteiger partial charge is 0.392 e. The molecule has 1 atom stereocenters. The molecule has 4 heteroatoms. The molecule has 0 fully saturated rings. The molecule has 4 nitrogen and oxygen atoms in total. The third kappa shape index (κ3) is 5.23. The van der Waals surface area contributed by atoms with Crippen molar-refractivity contribution in [2.45, 2.75) is 45.1 Å². The first-order chi connectivity index (χ1) is 11.1. The SMILES string of the molecule is C=CCCCN(C)C(=O)CC1CCC(c2ccc(C)cc2)=NO1.[HH]. The minimum Gasteiger partial charge on any atom is -0.392 e. The summed E-state index contributed by atoms with van der Waals surface area (Å²) in [6, 6.07) is 8.28. The van der Waals surface area contributed by atoms with Crippen molar-refractivity contribution < 1.29 is 11.1 Å². The molecule has 1 aromatic carbocycles. The van der Waals surface area contributed by atoms with E-state index in [-0.39, 0.29) is 13.4 Å². The number of aryl methyl sites for hydroxylation is 1. The minimum absolute atomic E-state index is 0. The summed E-state index contributed by atoms with van der Waals surface area (Å²) in [5.74, 6) is 0.119. The van der Waals surface area contributed by atoms with E-state index in [1.807, 2.05) is 13.1 Å². The molecule has 0 aliphatic carbocycles. The van der Waals surface area contributed by atoms with Crippen LogP contribution in [0.1, 0.15) is 44.7 Å². The highest BCUT2D eigenvalue weighted by Gasteiger charge is 2.22. The van der Waals surface area contributed by atoms with Gasteiger partial charge in [-0.3, -0.25) is 4.79 Å². The molecule has 0 aromatic heterocycles. The van der Waals surface area contributed by atoms with Gasteiger partial charge in [-0.2, -0.15) is 0 Å². The van der Waals surface area contributed by atoms with Crippen molar-refractivity contribution in [3.63, 3.8) is 0 Å². The molecule has 23 heavy (non-hydrogen) atoms. The van der Waals surface area contributed by atoms with Gasteiger partial charge in [0, 0.05) is 15.0 Å². The Morgan fingerprint density at radius 2 is 2.22 bits per heavy atom. The van der Waals surface area contributed by atoms with E-state index in [4.69, 9.17) is 4.84 Å². The van der Waals surface area contributed by atoms with E-state index in [9.17, 15) is 4.79 Å². The number of allylic oxidation sites excluding steroid dienone is 1. The molecule has 1 heterocycles. The first-order valence-electron chi connectivity index (χ1n) is 8.24. The van der Waals surface area contributed by atoms with E-state index in [0.29, 0.717) is 6.42 Å². The predicted octanol–water partition coefficient (Wildman–Crippen LogP) is 3.94. The number of carbonyl (C=O) groups excluding carboxylic acids is 1. The van der Waals surface area contributed by atoms with Crippen molar-refractivity contribution in [2.24, 2.45) is 5.16 Å². The van der Waals surface area contributed by atoms with E-state index in [1.165, 1.54) is 5.56 Å². The number of hydrogen-bond donors (Lipinski definition) is 0. The number of rotatable bonds is 7. The Morgan fingerprint density at radius 1 is 1.48 bits per heavy atom. The average molecular weight is 316 g/mol. The fraction of sp³-hybridized carbons (Fsp3) is 0.474. The van der Waals surface area contributed by atoms with Gasteiger partial charge in [0.25, 0.3) is 0 Å². The van der Waals surface area contributed by atoms with Gasteiger partial charge in [-0.25, -0.2) is 0 Å². The number of hydrogen-bond acceptors (Lipinski definition) is 3. The molecule has 0 saturated heterocycles. The number of oxime groups is 1. The standard InChI is InChI=1S/C19H26N2O2.H2/c1-4-5-6-13-21(3)19(22)14-17-11-12-18(20-23-17)16-9-7-15(2)8-10-16;/h4,7-10,17H,1,5-6,11-14H2,2-3H3;1H. The van der Waals surface area contributed by atoms with Crippen LogP contribution in [0.2, 0.25) is 0 Å². The summed E-state index contributed by atoms with van der Waals surface area (Å²) in [7, 11) is 1.84. The normalized spacial score (nSPS) is 17.1. The van der Waals surface area contributed by atoms with Crippen LogP contribution in [0.15, 0.2) is 42.1 Å². The number of benzene rings is 1. The quantitative estimate of drug-likeness (QED) is 0.565. The van der Waals surface area contributed by atoms with Crippen LogP contribution < -0.4 is 0 Å².